The Balaban J connectivity index is 2.14. The van der Waals surface area contributed by atoms with Gasteiger partial charge in [0, 0.05) is 18.8 Å². The number of anilines is 1. The molecule has 2 N–H and O–H groups in total. The van der Waals surface area contributed by atoms with Crippen molar-refractivity contribution in [3.63, 3.8) is 0 Å². The number of rotatable bonds is 3. The first-order valence-corrected chi connectivity index (χ1v) is 8.92. The number of aryl methyl sites for hydroxylation is 1. The third-order valence-electron chi connectivity index (χ3n) is 3.81. The summed E-state index contributed by atoms with van der Waals surface area (Å²) in [6.07, 6.45) is 4.11. The molecule has 5 nitrogen and oxygen atoms in total. The van der Waals surface area contributed by atoms with E-state index in [2.05, 4.69) is 0 Å². The number of amides is 1. The van der Waals surface area contributed by atoms with E-state index in [4.69, 9.17) is 5.73 Å². The van der Waals surface area contributed by atoms with Crippen LogP contribution in [0.3, 0.4) is 0 Å². The van der Waals surface area contributed by atoms with Gasteiger partial charge in [0.2, 0.25) is 5.91 Å². The Morgan fingerprint density at radius 1 is 1.19 bits per heavy atom. The second-order valence-electron chi connectivity index (χ2n) is 5.58. The smallest absolute Gasteiger partial charge is 0.238 e. The lowest BCUT2D eigenvalue weighted by atomic mass is 10.2. The van der Waals surface area contributed by atoms with Crippen molar-refractivity contribution < 1.29 is 13.2 Å². The standard InChI is InChI=1S/C15H22N2O3S/c1-12-10-13(16)6-7-14(12)21(19,20)11-15(18)17-8-4-2-3-5-9-17/h6-7,10H,2-5,8-9,11,16H2,1H3. The van der Waals surface area contributed by atoms with Crippen molar-refractivity contribution >= 4 is 21.4 Å². The van der Waals surface area contributed by atoms with Crippen molar-refractivity contribution in [2.24, 2.45) is 0 Å². The molecule has 0 atom stereocenters. The molecule has 0 radical (unpaired) electrons. The SMILES string of the molecule is Cc1cc(N)ccc1S(=O)(=O)CC(=O)N1CCCCCC1. The van der Waals surface area contributed by atoms with E-state index in [0.717, 1.165) is 25.7 Å². The van der Waals surface area contributed by atoms with Gasteiger partial charge in [0.15, 0.2) is 9.84 Å². The molecule has 1 amide bonds. The van der Waals surface area contributed by atoms with Gasteiger partial charge in [0.05, 0.1) is 4.90 Å². The maximum Gasteiger partial charge on any atom is 0.238 e. The monoisotopic (exact) mass is 310 g/mol. The van der Waals surface area contributed by atoms with Crippen LogP contribution in [0.2, 0.25) is 0 Å². The van der Waals surface area contributed by atoms with Crippen LogP contribution in [0.5, 0.6) is 0 Å². The molecule has 1 aliphatic rings. The lowest BCUT2D eigenvalue weighted by Gasteiger charge is -2.20. The summed E-state index contributed by atoms with van der Waals surface area (Å²) in [6.45, 7) is 3.02. The van der Waals surface area contributed by atoms with E-state index in [1.54, 1.807) is 24.0 Å². The Morgan fingerprint density at radius 2 is 1.81 bits per heavy atom. The fourth-order valence-corrected chi connectivity index (χ4v) is 4.16. The Labute approximate surface area is 126 Å². The van der Waals surface area contributed by atoms with Gasteiger partial charge in [-0.05, 0) is 43.5 Å². The maximum atomic E-state index is 12.4. The highest BCUT2D eigenvalue weighted by molar-refractivity contribution is 7.92. The summed E-state index contributed by atoms with van der Waals surface area (Å²) in [6, 6.07) is 4.65. The predicted molar refractivity (Wildman–Crippen MR) is 82.7 cm³/mol. The average molecular weight is 310 g/mol. The van der Waals surface area contributed by atoms with Gasteiger partial charge >= 0.3 is 0 Å². The maximum absolute atomic E-state index is 12.4. The molecule has 1 heterocycles. The summed E-state index contributed by atoms with van der Waals surface area (Å²) < 4.78 is 24.8. The fourth-order valence-electron chi connectivity index (χ4n) is 2.67. The quantitative estimate of drug-likeness (QED) is 0.863. The van der Waals surface area contributed by atoms with Crippen LogP contribution in [0.4, 0.5) is 5.69 Å². The normalized spacial score (nSPS) is 16.5. The number of nitrogen functional groups attached to an aromatic ring is 1. The number of hydrogen-bond acceptors (Lipinski definition) is 4. The molecule has 0 aromatic heterocycles. The molecule has 116 valence electrons. The van der Waals surface area contributed by atoms with Crippen LogP contribution in [0.15, 0.2) is 23.1 Å². The van der Waals surface area contributed by atoms with Crippen LogP contribution in [-0.4, -0.2) is 38.1 Å². The van der Waals surface area contributed by atoms with Gasteiger partial charge < -0.3 is 10.6 Å². The summed E-state index contributed by atoms with van der Waals surface area (Å²) >= 11 is 0. The highest BCUT2D eigenvalue weighted by Crippen LogP contribution is 2.20. The molecule has 0 spiro atoms. The van der Waals surface area contributed by atoms with Gasteiger partial charge in [-0.3, -0.25) is 4.79 Å². The van der Waals surface area contributed by atoms with Crippen LogP contribution in [0, 0.1) is 6.92 Å². The molecule has 0 bridgehead atoms. The molecular weight excluding hydrogens is 288 g/mol. The minimum atomic E-state index is -3.61. The summed E-state index contributed by atoms with van der Waals surface area (Å²) in [5.41, 5.74) is 6.74. The first-order valence-electron chi connectivity index (χ1n) is 7.27. The van der Waals surface area contributed by atoms with E-state index in [-0.39, 0.29) is 10.8 Å². The highest BCUT2D eigenvalue weighted by atomic mass is 32.2. The van der Waals surface area contributed by atoms with Crippen LogP contribution < -0.4 is 5.73 Å². The van der Waals surface area contributed by atoms with Gasteiger partial charge in [-0.15, -0.1) is 0 Å². The van der Waals surface area contributed by atoms with Crippen molar-refractivity contribution in [1.29, 1.82) is 0 Å². The molecule has 2 rings (SSSR count). The summed E-state index contributed by atoms with van der Waals surface area (Å²) in [5, 5.41) is 0. The van der Waals surface area contributed by atoms with Crippen LogP contribution in [-0.2, 0) is 14.6 Å². The van der Waals surface area contributed by atoms with E-state index in [0.29, 0.717) is 24.3 Å². The molecule has 6 heteroatoms. The largest absolute Gasteiger partial charge is 0.399 e. The van der Waals surface area contributed by atoms with Gasteiger partial charge in [-0.1, -0.05) is 12.8 Å². The van der Waals surface area contributed by atoms with Gasteiger partial charge in [-0.25, -0.2) is 8.42 Å². The Kier molecular flexibility index (Phi) is 4.88. The van der Waals surface area contributed by atoms with Gasteiger partial charge in [-0.2, -0.15) is 0 Å². The second-order valence-corrected chi connectivity index (χ2v) is 7.54. The topological polar surface area (TPSA) is 80.5 Å². The van der Waals surface area contributed by atoms with E-state index < -0.39 is 15.6 Å². The third kappa shape index (κ3) is 3.97. The van der Waals surface area contributed by atoms with Crippen molar-refractivity contribution in [1.82, 2.24) is 4.90 Å². The van der Waals surface area contributed by atoms with Gasteiger partial charge in [0.1, 0.15) is 5.75 Å². The molecule has 1 fully saturated rings. The zero-order valence-electron chi connectivity index (χ0n) is 12.3. The zero-order valence-corrected chi connectivity index (χ0v) is 13.2. The molecule has 21 heavy (non-hydrogen) atoms. The Morgan fingerprint density at radius 3 is 2.38 bits per heavy atom. The predicted octanol–water partition coefficient (Wildman–Crippen LogP) is 1.75. The number of nitrogens with zero attached hydrogens (tertiary/aromatic N) is 1. The number of hydrogen-bond donors (Lipinski definition) is 1. The molecular formula is C15H22N2O3S. The lowest BCUT2D eigenvalue weighted by Crippen LogP contribution is -2.36. The number of likely N-dealkylation sites (tertiary alicyclic amines) is 1. The molecule has 1 aromatic carbocycles. The van der Waals surface area contributed by atoms with E-state index in [9.17, 15) is 13.2 Å². The van der Waals surface area contributed by atoms with Gasteiger partial charge in [0.25, 0.3) is 0 Å². The summed E-state index contributed by atoms with van der Waals surface area (Å²) in [4.78, 5) is 14.1. The first-order chi connectivity index (χ1) is 9.90. The van der Waals surface area contributed by atoms with Crippen LogP contribution >= 0.6 is 0 Å². The van der Waals surface area contributed by atoms with Crippen molar-refractivity contribution in [2.45, 2.75) is 37.5 Å². The van der Waals surface area contributed by atoms with Crippen LogP contribution in [0.25, 0.3) is 0 Å². The fraction of sp³-hybridized carbons (Fsp3) is 0.533. The van der Waals surface area contributed by atoms with E-state index in [1.807, 2.05) is 0 Å². The number of carbonyl (C=O) groups excluding carboxylic acids is 1. The van der Waals surface area contributed by atoms with Crippen molar-refractivity contribution in [3.8, 4) is 0 Å². The molecule has 1 aliphatic heterocycles. The minimum Gasteiger partial charge on any atom is -0.399 e. The van der Waals surface area contributed by atoms with Crippen LogP contribution in [0.1, 0.15) is 31.2 Å². The zero-order chi connectivity index (χ0) is 15.5. The van der Waals surface area contributed by atoms with E-state index in [1.165, 1.54) is 6.07 Å². The molecule has 0 saturated carbocycles. The molecule has 1 aromatic rings. The Hall–Kier alpha value is -1.56. The summed E-state index contributed by atoms with van der Waals surface area (Å²) in [5.74, 6) is -0.759. The Bertz CT molecular complexity index is 618. The molecule has 1 saturated heterocycles. The molecule has 0 aliphatic carbocycles. The van der Waals surface area contributed by atoms with Crippen molar-refractivity contribution in [3.05, 3.63) is 23.8 Å². The number of nitrogens with two attached hydrogens (primary N) is 1. The second kappa shape index (κ2) is 6.47. The minimum absolute atomic E-state index is 0.194. The number of benzene rings is 1. The van der Waals surface area contributed by atoms with E-state index >= 15 is 0 Å². The average Bonchev–Trinajstić information content (AvgIpc) is 2.66. The third-order valence-corrected chi connectivity index (χ3v) is 5.56. The van der Waals surface area contributed by atoms with Crippen molar-refractivity contribution in [2.75, 3.05) is 24.6 Å². The molecule has 0 unspecified atom stereocenters. The lowest BCUT2D eigenvalue weighted by molar-refractivity contribution is -0.128. The highest BCUT2D eigenvalue weighted by Gasteiger charge is 2.25. The summed E-state index contributed by atoms with van der Waals surface area (Å²) in [7, 11) is -3.61. The first kappa shape index (κ1) is 15.8. The number of sulfone groups is 1. The number of carbonyl (C=O) groups is 1.